The normalized spacial score (nSPS) is 14.6. The predicted octanol–water partition coefficient (Wildman–Crippen LogP) is 3.67. The van der Waals surface area contributed by atoms with Crippen molar-refractivity contribution in [3.05, 3.63) is 89.6 Å². The van der Waals surface area contributed by atoms with E-state index in [0.29, 0.717) is 0 Å². The van der Waals surface area contributed by atoms with E-state index in [0.717, 1.165) is 62.6 Å². The molecule has 2 aromatic carbocycles. The first kappa shape index (κ1) is 18.0. The van der Waals surface area contributed by atoms with E-state index < -0.39 is 0 Å². The maximum absolute atomic E-state index is 4.49. The topological polar surface area (TPSA) is 46.8 Å². The summed E-state index contributed by atoms with van der Waals surface area (Å²) in [7, 11) is 0. The first-order valence-electron chi connectivity index (χ1n) is 10.4. The summed E-state index contributed by atoms with van der Waals surface area (Å²) in [5.41, 5.74) is 3.74. The van der Waals surface area contributed by atoms with E-state index in [2.05, 4.69) is 79.2 Å². The molecule has 29 heavy (non-hydrogen) atoms. The maximum atomic E-state index is 4.49. The van der Waals surface area contributed by atoms with Gasteiger partial charge in [0, 0.05) is 50.6 Å². The Labute approximate surface area is 171 Å². The summed E-state index contributed by atoms with van der Waals surface area (Å²) in [4.78, 5) is 7.01. The molecule has 0 fully saturated rings. The van der Waals surface area contributed by atoms with Crippen molar-refractivity contribution in [1.82, 2.24) is 24.6 Å². The van der Waals surface area contributed by atoms with Gasteiger partial charge in [-0.2, -0.15) is 0 Å². The highest BCUT2D eigenvalue weighted by atomic mass is 15.3. The lowest BCUT2D eigenvalue weighted by Gasteiger charge is -2.19. The molecule has 1 aliphatic heterocycles. The summed E-state index contributed by atoms with van der Waals surface area (Å²) in [5, 5.41) is 10.2. The molecule has 5 nitrogen and oxygen atoms in total. The van der Waals surface area contributed by atoms with Crippen molar-refractivity contribution in [2.45, 2.75) is 32.4 Å². The SMILES string of the molecule is c1ccc(CCc2nnc3n2CCN(Cc2ccc4cccnc4c2)CC3)cc1. The maximum Gasteiger partial charge on any atom is 0.134 e. The smallest absolute Gasteiger partial charge is 0.134 e. The predicted molar refractivity (Wildman–Crippen MR) is 115 cm³/mol. The number of hydrogen-bond donors (Lipinski definition) is 0. The van der Waals surface area contributed by atoms with Crippen molar-refractivity contribution in [2.75, 3.05) is 13.1 Å². The minimum Gasteiger partial charge on any atom is -0.314 e. The second kappa shape index (κ2) is 8.13. The van der Waals surface area contributed by atoms with Crippen LogP contribution in [0.5, 0.6) is 0 Å². The highest BCUT2D eigenvalue weighted by Crippen LogP contribution is 2.17. The van der Waals surface area contributed by atoms with Crippen LogP contribution in [0.4, 0.5) is 0 Å². The van der Waals surface area contributed by atoms with E-state index in [-0.39, 0.29) is 0 Å². The molecule has 3 heterocycles. The minimum atomic E-state index is 0.938. The van der Waals surface area contributed by atoms with Crippen LogP contribution >= 0.6 is 0 Å². The Morgan fingerprint density at radius 1 is 0.793 bits per heavy atom. The lowest BCUT2D eigenvalue weighted by molar-refractivity contribution is 0.270. The second-order valence-electron chi connectivity index (χ2n) is 7.73. The van der Waals surface area contributed by atoms with E-state index in [1.54, 1.807) is 0 Å². The zero-order valence-corrected chi connectivity index (χ0v) is 16.5. The standard InChI is InChI=1S/C24H25N5/c1-2-5-19(6-3-1)9-11-23-26-27-24-12-14-28(15-16-29(23)24)18-20-8-10-21-7-4-13-25-22(21)17-20/h1-8,10,13,17H,9,11-12,14-16,18H2. The van der Waals surface area contributed by atoms with Crippen LogP contribution in [0, 0.1) is 0 Å². The van der Waals surface area contributed by atoms with E-state index in [4.69, 9.17) is 0 Å². The summed E-state index contributed by atoms with van der Waals surface area (Å²) >= 11 is 0. The molecule has 0 amide bonds. The monoisotopic (exact) mass is 383 g/mol. The minimum absolute atomic E-state index is 0.938. The molecular weight excluding hydrogens is 358 g/mol. The Balaban J connectivity index is 1.25. The number of benzene rings is 2. The fourth-order valence-corrected chi connectivity index (χ4v) is 4.14. The third kappa shape index (κ3) is 4.05. The first-order valence-corrected chi connectivity index (χ1v) is 10.4. The molecule has 146 valence electrons. The van der Waals surface area contributed by atoms with Gasteiger partial charge in [0.05, 0.1) is 5.52 Å². The van der Waals surface area contributed by atoms with Gasteiger partial charge in [-0.1, -0.05) is 48.5 Å². The van der Waals surface area contributed by atoms with Crippen molar-refractivity contribution >= 4 is 10.9 Å². The van der Waals surface area contributed by atoms with Gasteiger partial charge in [-0.3, -0.25) is 9.88 Å². The van der Waals surface area contributed by atoms with E-state index in [1.165, 1.54) is 16.5 Å². The number of aromatic nitrogens is 4. The summed E-state index contributed by atoms with van der Waals surface area (Å²) in [6, 6.07) is 21.3. The fourth-order valence-electron chi connectivity index (χ4n) is 4.14. The summed E-state index contributed by atoms with van der Waals surface area (Å²) in [6.45, 7) is 3.93. The van der Waals surface area contributed by atoms with E-state index in [9.17, 15) is 0 Å². The zero-order valence-electron chi connectivity index (χ0n) is 16.5. The third-order valence-electron chi connectivity index (χ3n) is 5.75. The molecular formula is C24H25N5. The molecule has 1 aliphatic rings. The number of pyridine rings is 1. The molecule has 0 unspecified atom stereocenters. The highest BCUT2D eigenvalue weighted by Gasteiger charge is 2.18. The van der Waals surface area contributed by atoms with Gasteiger partial charge in [0.15, 0.2) is 0 Å². The molecule has 0 saturated heterocycles. The Morgan fingerprint density at radius 3 is 2.66 bits per heavy atom. The fraction of sp³-hybridized carbons (Fsp3) is 0.292. The van der Waals surface area contributed by atoms with Gasteiger partial charge in [-0.15, -0.1) is 10.2 Å². The van der Waals surface area contributed by atoms with Gasteiger partial charge < -0.3 is 4.57 Å². The lowest BCUT2D eigenvalue weighted by Crippen LogP contribution is -2.26. The van der Waals surface area contributed by atoms with Crippen molar-refractivity contribution in [3.8, 4) is 0 Å². The Morgan fingerprint density at radius 2 is 1.72 bits per heavy atom. The number of hydrogen-bond acceptors (Lipinski definition) is 4. The molecule has 0 radical (unpaired) electrons. The van der Waals surface area contributed by atoms with Crippen LogP contribution in [-0.2, 0) is 32.4 Å². The third-order valence-corrected chi connectivity index (χ3v) is 5.75. The van der Waals surface area contributed by atoms with Crippen molar-refractivity contribution < 1.29 is 0 Å². The average Bonchev–Trinajstić information content (AvgIpc) is 3.05. The Bertz CT molecular complexity index is 1100. The van der Waals surface area contributed by atoms with Crippen LogP contribution in [-0.4, -0.2) is 37.7 Å². The zero-order chi connectivity index (χ0) is 19.5. The van der Waals surface area contributed by atoms with Crippen molar-refractivity contribution in [2.24, 2.45) is 0 Å². The van der Waals surface area contributed by atoms with Crippen molar-refractivity contribution in [3.63, 3.8) is 0 Å². The molecule has 0 spiro atoms. The van der Waals surface area contributed by atoms with Gasteiger partial charge in [-0.05, 0) is 29.7 Å². The number of rotatable bonds is 5. The van der Waals surface area contributed by atoms with Gasteiger partial charge >= 0.3 is 0 Å². The molecule has 4 aromatic rings. The lowest BCUT2D eigenvalue weighted by atomic mass is 10.1. The highest BCUT2D eigenvalue weighted by molar-refractivity contribution is 5.78. The molecule has 5 rings (SSSR count). The van der Waals surface area contributed by atoms with Gasteiger partial charge in [0.1, 0.15) is 11.6 Å². The van der Waals surface area contributed by atoms with Gasteiger partial charge in [0.25, 0.3) is 0 Å². The van der Waals surface area contributed by atoms with Crippen LogP contribution in [0.1, 0.15) is 22.8 Å². The van der Waals surface area contributed by atoms with Crippen molar-refractivity contribution in [1.29, 1.82) is 0 Å². The molecule has 5 heteroatoms. The first-order chi connectivity index (χ1) is 14.3. The number of aryl methyl sites for hydroxylation is 2. The Kier molecular flexibility index (Phi) is 5.05. The molecule has 0 aliphatic carbocycles. The summed E-state index contributed by atoms with van der Waals surface area (Å²) in [6.07, 6.45) is 4.76. The second-order valence-corrected chi connectivity index (χ2v) is 7.73. The number of nitrogens with zero attached hydrogens (tertiary/aromatic N) is 5. The Hall–Kier alpha value is -3.05. The molecule has 0 N–H and O–H groups in total. The van der Waals surface area contributed by atoms with Gasteiger partial charge in [0.2, 0.25) is 0 Å². The van der Waals surface area contributed by atoms with Crippen LogP contribution in [0.15, 0.2) is 66.9 Å². The van der Waals surface area contributed by atoms with E-state index in [1.807, 2.05) is 12.3 Å². The number of fused-ring (bicyclic) bond motifs is 2. The summed E-state index contributed by atoms with van der Waals surface area (Å²) in [5.74, 6) is 2.23. The molecule has 0 atom stereocenters. The average molecular weight is 383 g/mol. The molecule has 2 aromatic heterocycles. The van der Waals surface area contributed by atoms with Crippen LogP contribution in [0.25, 0.3) is 10.9 Å². The van der Waals surface area contributed by atoms with Crippen LogP contribution in [0.2, 0.25) is 0 Å². The molecule has 0 saturated carbocycles. The van der Waals surface area contributed by atoms with Crippen LogP contribution < -0.4 is 0 Å². The van der Waals surface area contributed by atoms with Crippen LogP contribution in [0.3, 0.4) is 0 Å². The van der Waals surface area contributed by atoms with E-state index >= 15 is 0 Å². The molecule has 0 bridgehead atoms. The van der Waals surface area contributed by atoms with Gasteiger partial charge in [-0.25, -0.2) is 0 Å². The largest absolute Gasteiger partial charge is 0.314 e. The quantitative estimate of drug-likeness (QED) is 0.528. The summed E-state index contributed by atoms with van der Waals surface area (Å²) < 4.78 is 2.34.